The third-order valence-corrected chi connectivity index (χ3v) is 2.95. The summed E-state index contributed by atoms with van der Waals surface area (Å²) in [5.74, 6) is 0.896. The van der Waals surface area contributed by atoms with Crippen LogP contribution in [0.5, 0.6) is 0 Å². The molecular formula is C10H12O. The van der Waals surface area contributed by atoms with E-state index in [4.69, 9.17) is 0 Å². The first kappa shape index (κ1) is 6.84. The third kappa shape index (κ3) is 0.802. The molecule has 2 rings (SSSR count). The van der Waals surface area contributed by atoms with E-state index in [1.807, 2.05) is 0 Å². The molecule has 1 heteroatoms. The first-order valence-corrected chi connectivity index (χ1v) is 4.13. The van der Waals surface area contributed by atoms with Crippen LogP contribution in [0.4, 0.5) is 0 Å². The number of carbonyl (C=O) groups is 1. The van der Waals surface area contributed by atoms with Crippen molar-refractivity contribution >= 4 is 5.78 Å². The normalized spacial score (nSPS) is 39.5. The number of ketones is 1. The van der Waals surface area contributed by atoms with Gasteiger partial charge in [-0.05, 0) is 31.3 Å². The van der Waals surface area contributed by atoms with E-state index in [9.17, 15) is 4.79 Å². The lowest BCUT2D eigenvalue weighted by Gasteiger charge is -2.18. The van der Waals surface area contributed by atoms with E-state index < -0.39 is 0 Å². The van der Waals surface area contributed by atoms with Gasteiger partial charge in [0.2, 0.25) is 0 Å². The molecule has 11 heavy (non-hydrogen) atoms. The van der Waals surface area contributed by atoms with Crippen molar-refractivity contribution in [1.82, 2.24) is 0 Å². The average molecular weight is 148 g/mol. The van der Waals surface area contributed by atoms with Crippen molar-refractivity contribution in [3.05, 3.63) is 24.8 Å². The van der Waals surface area contributed by atoms with Crippen LogP contribution in [-0.2, 0) is 4.79 Å². The van der Waals surface area contributed by atoms with Gasteiger partial charge in [0.05, 0.1) is 5.41 Å². The fraction of sp³-hybridized carbons (Fsp3) is 0.500. The Bertz CT molecular complexity index is 239. The largest absolute Gasteiger partial charge is 0.294 e. The molecule has 1 fully saturated rings. The summed E-state index contributed by atoms with van der Waals surface area (Å²) in [5.41, 5.74) is -0.119. The van der Waals surface area contributed by atoms with Gasteiger partial charge in [-0.25, -0.2) is 0 Å². The molecule has 58 valence electrons. The molecule has 0 aromatic carbocycles. The second kappa shape index (κ2) is 2.07. The van der Waals surface area contributed by atoms with Crippen molar-refractivity contribution in [2.24, 2.45) is 11.3 Å². The Balaban J connectivity index is 2.30. The lowest BCUT2D eigenvalue weighted by molar-refractivity contribution is -0.121. The second-order valence-electron chi connectivity index (χ2n) is 3.59. The zero-order chi connectivity index (χ0) is 7.90. The van der Waals surface area contributed by atoms with E-state index in [1.54, 1.807) is 0 Å². The summed E-state index contributed by atoms with van der Waals surface area (Å²) in [7, 11) is 0. The first-order valence-electron chi connectivity index (χ1n) is 4.13. The molecule has 0 aliphatic heterocycles. The maximum atomic E-state index is 11.4. The minimum absolute atomic E-state index is 0.119. The molecule has 0 saturated heterocycles. The maximum Gasteiger partial charge on any atom is 0.165 e. The summed E-state index contributed by atoms with van der Waals surface area (Å²) < 4.78 is 0. The summed E-state index contributed by atoms with van der Waals surface area (Å²) in [5, 5.41) is 0. The summed E-state index contributed by atoms with van der Waals surface area (Å²) in [4.78, 5) is 11.4. The van der Waals surface area contributed by atoms with Crippen LogP contribution in [0.3, 0.4) is 0 Å². The number of rotatable bonds is 2. The number of carbonyl (C=O) groups excluding carboxylic acids is 1. The van der Waals surface area contributed by atoms with E-state index in [-0.39, 0.29) is 11.2 Å². The van der Waals surface area contributed by atoms with Gasteiger partial charge in [-0.1, -0.05) is 18.7 Å². The second-order valence-corrected chi connectivity index (χ2v) is 3.59. The van der Waals surface area contributed by atoms with E-state index in [0.717, 1.165) is 12.8 Å². The monoisotopic (exact) mass is 148 g/mol. The molecule has 2 unspecified atom stereocenters. The van der Waals surface area contributed by atoms with Crippen molar-refractivity contribution in [3.63, 3.8) is 0 Å². The van der Waals surface area contributed by atoms with Gasteiger partial charge in [0.25, 0.3) is 0 Å². The molecule has 0 aromatic rings. The maximum absolute atomic E-state index is 11.4. The summed E-state index contributed by atoms with van der Waals surface area (Å²) in [6, 6.07) is 0. The predicted octanol–water partition coefficient (Wildman–Crippen LogP) is 2.10. The van der Waals surface area contributed by atoms with Crippen LogP contribution in [0.25, 0.3) is 0 Å². The van der Waals surface area contributed by atoms with Crippen molar-refractivity contribution in [2.45, 2.75) is 19.3 Å². The van der Waals surface area contributed by atoms with Crippen molar-refractivity contribution < 1.29 is 4.79 Å². The predicted molar refractivity (Wildman–Crippen MR) is 44.1 cm³/mol. The Kier molecular flexibility index (Phi) is 1.28. The molecule has 1 saturated carbocycles. The van der Waals surface area contributed by atoms with E-state index in [2.05, 4.69) is 18.7 Å². The van der Waals surface area contributed by atoms with Crippen LogP contribution >= 0.6 is 0 Å². The van der Waals surface area contributed by atoms with Crippen molar-refractivity contribution in [3.8, 4) is 0 Å². The molecule has 0 aromatic heterocycles. The fourth-order valence-corrected chi connectivity index (χ4v) is 2.26. The van der Waals surface area contributed by atoms with Gasteiger partial charge < -0.3 is 0 Å². The zero-order valence-corrected chi connectivity index (χ0v) is 6.55. The molecule has 2 aliphatic carbocycles. The lowest BCUT2D eigenvalue weighted by Crippen LogP contribution is -2.22. The van der Waals surface area contributed by atoms with E-state index in [0.29, 0.717) is 5.92 Å². The van der Waals surface area contributed by atoms with Crippen LogP contribution in [0.1, 0.15) is 19.3 Å². The number of hydrogen-bond acceptors (Lipinski definition) is 1. The molecule has 0 N–H and O–H groups in total. The lowest BCUT2D eigenvalue weighted by atomic mass is 9.83. The highest BCUT2D eigenvalue weighted by molar-refractivity contribution is 5.96. The first-order chi connectivity index (χ1) is 5.27. The Morgan fingerprint density at radius 2 is 2.55 bits per heavy atom. The minimum Gasteiger partial charge on any atom is -0.294 e. The molecule has 2 atom stereocenters. The van der Waals surface area contributed by atoms with Crippen LogP contribution in [0.15, 0.2) is 24.8 Å². The molecule has 1 nitrogen and oxygen atoms in total. The molecule has 0 spiro atoms. The van der Waals surface area contributed by atoms with Crippen molar-refractivity contribution in [1.29, 1.82) is 0 Å². The smallest absolute Gasteiger partial charge is 0.165 e. The summed E-state index contributed by atoms with van der Waals surface area (Å²) >= 11 is 0. The van der Waals surface area contributed by atoms with E-state index in [1.165, 1.54) is 12.5 Å². The topological polar surface area (TPSA) is 17.1 Å². The summed E-state index contributed by atoms with van der Waals surface area (Å²) in [6.45, 7) is 3.53. The van der Waals surface area contributed by atoms with Gasteiger partial charge in [0.15, 0.2) is 5.78 Å². The highest BCUT2D eigenvalue weighted by Crippen LogP contribution is 2.49. The fourth-order valence-electron chi connectivity index (χ4n) is 2.26. The Labute approximate surface area is 66.8 Å². The Hall–Kier alpha value is -0.850. The molecule has 0 radical (unpaired) electrons. The number of hydrogen-bond donors (Lipinski definition) is 0. The Morgan fingerprint density at radius 1 is 1.73 bits per heavy atom. The van der Waals surface area contributed by atoms with Crippen molar-refractivity contribution in [2.75, 3.05) is 0 Å². The molecule has 2 aliphatic rings. The Morgan fingerprint density at radius 3 is 2.91 bits per heavy atom. The van der Waals surface area contributed by atoms with Crippen LogP contribution in [0.2, 0.25) is 0 Å². The highest BCUT2D eigenvalue weighted by Gasteiger charge is 2.44. The number of allylic oxidation sites excluding steroid dienone is 3. The third-order valence-electron chi connectivity index (χ3n) is 2.95. The molecule has 0 heterocycles. The average Bonchev–Trinajstić information content (AvgIpc) is 2.62. The van der Waals surface area contributed by atoms with Gasteiger partial charge in [-0.3, -0.25) is 4.79 Å². The van der Waals surface area contributed by atoms with Gasteiger partial charge in [-0.15, -0.1) is 0 Å². The zero-order valence-electron chi connectivity index (χ0n) is 6.55. The SMILES string of the molecule is C=CC(=O)C12C=CC(CC1)C2. The quantitative estimate of drug-likeness (QED) is 0.433. The van der Waals surface area contributed by atoms with Gasteiger partial charge in [0, 0.05) is 0 Å². The number of fused-ring (bicyclic) bond motifs is 2. The van der Waals surface area contributed by atoms with Crippen LogP contribution in [-0.4, -0.2) is 5.78 Å². The van der Waals surface area contributed by atoms with Gasteiger partial charge in [0.1, 0.15) is 0 Å². The van der Waals surface area contributed by atoms with Crippen LogP contribution < -0.4 is 0 Å². The molecule has 2 bridgehead atoms. The summed E-state index contributed by atoms with van der Waals surface area (Å²) in [6.07, 6.45) is 9.01. The standard InChI is InChI=1S/C10H12O/c1-2-9(11)10-5-3-8(7-10)4-6-10/h2-3,5,8H,1,4,6-7H2. The van der Waals surface area contributed by atoms with E-state index >= 15 is 0 Å². The minimum atomic E-state index is -0.119. The van der Waals surface area contributed by atoms with Crippen LogP contribution in [0, 0.1) is 11.3 Å². The highest BCUT2D eigenvalue weighted by atomic mass is 16.1. The van der Waals surface area contributed by atoms with Gasteiger partial charge >= 0.3 is 0 Å². The molecule has 0 amide bonds. The van der Waals surface area contributed by atoms with Gasteiger partial charge in [-0.2, -0.15) is 0 Å². The molecular weight excluding hydrogens is 136 g/mol.